The van der Waals surface area contributed by atoms with Crippen molar-refractivity contribution in [1.82, 2.24) is 9.97 Å². The molecule has 1 aromatic heterocycles. The number of hydrogen-bond donors (Lipinski definition) is 1. The largest absolute Gasteiger partial charge is 0.382 e. The molecular formula is C11H18N4. The molecule has 1 fully saturated rings. The van der Waals surface area contributed by atoms with E-state index in [0.717, 1.165) is 12.4 Å². The minimum atomic E-state index is 0.504. The number of nitrogen functional groups attached to an aromatic ring is 1. The second-order valence-corrected chi connectivity index (χ2v) is 4.03. The smallest absolute Gasteiger partial charge is 0.149 e. The molecule has 82 valence electrons. The summed E-state index contributed by atoms with van der Waals surface area (Å²) in [5.41, 5.74) is 5.65. The van der Waals surface area contributed by atoms with E-state index in [-0.39, 0.29) is 0 Å². The normalized spacial score (nSPS) is 16.9. The quantitative estimate of drug-likeness (QED) is 0.819. The van der Waals surface area contributed by atoms with Crippen molar-refractivity contribution in [3.8, 4) is 0 Å². The summed E-state index contributed by atoms with van der Waals surface area (Å²) in [4.78, 5) is 10.7. The van der Waals surface area contributed by atoms with Crippen LogP contribution in [-0.4, -0.2) is 22.6 Å². The lowest BCUT2D eigenvalue weighted by Crippen LogP contribution is -2.33. The van der Waals surface area contributed by atoms with Gasteiger partial charge in [0.05, 0.1) is 12.4 Å². The summed E-state index contributed by atoms with van der Waals surface area (Å²) in [6.45, 7) is 3.13. The van der Waals surface area contributed by atoms with Gasteiger partial charge in [-0.2, -0.15) is 0 Å². The molecule has 0 atom stereocenters. The molecule has 4 nitrogen and oxygen atoms in total. The maximum absolute atomic E-state index is 5.65. The zero-order valence-corrected chi connectivity index (χ0v) is 9.19. The van der Waals surface area contributed by atoms with E-state index in [1.807, 2.05) is 0 Å². The van der Waals surface area contributed by atoms with E-state index in [4.69, 9.17) is 5.73 Å². The maximum atomic E-state index is 5.65. The van der Waals surface area contributed by atoms with Crippen molar-refractivity contribution < 1.29 is 0 Å². The fourth-order valence-corrected chi connectivity index (χ4v) is 2.33. The standard InChI is InChI=1S/C11H18N4/c1-2-15(9-5-3-4-6-9)11-8-13-7-10(12)14-11/h7-9H,2-6H2,1H3,(H2,12,14). The van der Waals surface area contributed by atoms with Gasteiger partial charge in [-0.05, 0) is 19.8 Å². The van der Waals surface area contributed by atoms with Crippen molar-refractivity contribution in [3.63, 3.8) is 0 Å². The third kappa shape index (κ3) is 2.19. The zero-order valence-electron chi connectivity index (χ0n) is 9.19. The first-order chi connectivity index (χ1) is 7.31. The Morgan fingerprint density at radius 1 is 1.40 bits per heavy atom. The van der Waals surface area contributed by atoms with Crippen LogP contribution in [0.15, 0.2) is 12.4 Å². The molecule has 1 aromatic rings. The fraction of sp³-hybridized carbons (Fsp3) is 0.636. The van der Waals surface area contributed by atoms with Gasteiger partial charge >= 0.3 is 0 Å². The van der Waals surface area contributed by atoms with Crippen LogP contribution in [0.3, 0.4) is 0 Å². The highest BCUT2D eigenvalue weighted by molar-refractivity contribution is 5.42. The SMILES string of the molecule is CCN(c1cncc(N)n1)C1CCCC1. The van der Waals surface area contributed by atoms with Crippen molar-refractivity contribution >= 4 is 11.6 Å². The van der Waals surface area contributed by atoms with Crippen LogP contribution < -0.4 is 10.6 Å². The molecule has 1 saturated carbocycles. The highest BCUT2D eigenvalue weighted by Gasteiger charge is 2.22. The number of nitrogens with zero attached hydrogens (tertiary/aromatic N) is 3. The Morgan fingerprint density at radius 3 is 2.73 bits per heavy atom. The predicted molar refractivity (Wildman–Crippen MR) is 61.7 cm³/mol. The first-order valence-electron chi connectivity index (χ1n) is 5.65. The third-order valence-electron chi connectivity index (χ3n) is 3.04. The summed E-state index contributed by atoms with van der Waals surface area (Å²) < 4.78 is 0. The molecule has 2 rings (SSSR count). The lowest BCUT2D eigenvalue weighted by molar-refractivity contribution is 0.612. The second kappa shape index (κ2) is 4.47. The van der Waals surface area contributed by atoms with E-state index in [1.165, 1.54) is 25.7 Å². The Labute approximate surface area is 90.5 Å². The molecule has 0 bridgehead atoms. The molecule has 1 aliphatic carbocycles. The molecule has 0 aliphatic heterocycles. The Hall–Kier alpha value is -1.32. The lowest BCUT2D eigenvalue weighted by atomic mass is 10.2. The van der Waals surface area contributed by atoms with Crippen molar-refractivity contribution in [2.45, 2.75) is 38.6 Å². The van der Waals surface area contributed by atoms with Gasteiger partial charge in [-0.15, -0.1) is 0 Å². The van der Waals surface area contributed by atoms with Crippen molar-refractivity contribution in [1.29, 1.82) is 0 Å². The Balaban J connectivity index is 2.18. The minimum Gasteiger partial charge on any atom is -0.382 e. The summed E-state index contributed by atoms with van der Waals surface area (Å²) in [5.74, 6) is 1.42. The van der Waals surface area contributed by atoms with Crippen LogP contribution in [0.25, 0.3) is 0 Å². The molecule has 1 heterocycles. The van der Waals surface area contributed by atoms with E-state index in [9.17, 15) is 0 Å². The zero-order chi connectivity index (χ0) is 10.7. The Kier molecular flexibility index (Phi) is 3.04. The second-order valence-electron chi connectivity index (χ2n) is 4.03. The van der Waals surface area contributed by atoms with Crippen LogP contribution >= 0.6 is 0 Å². The summed E-state index contributed by atoms with van der Waals surface area (Å²) in [6, 6.07) is 0.631. The van der Waals surface area contributed by atoms with Crippen LogP contribution in [0, 0.1) is 0 Å². The molecule has 0 radical (unpaired) electrons. The molecule has 0 aromatic carbocycles. The van der Waals surface area contributed by atoms with Gasteiger partial charge < -0.3 is 10.6 Å². The predicted octanol–water partition coefficient (Wildman–Crippen LogP) is 1.83. The van der Waals surface area contributed by atoms with Gasteiger partial charge in [-0.3, -0.25) is 4.98 Å². The molecule has 1 aliphatic rings. The van der Waals surface area contributed by atoms with Gasteiger partial charge in [0.2, 0.25) is 0 Å². The molecule has 15 heavy (non-hydrogen) atoms. The molecular weight excluding hydrogens is 188 g/mol. The van der Waals surface area contributed by atoms with Gasteiger partial charge in [0.25, 0.3) is 0 Å². The first kappa shape index (κ1) is 10.2. The Bertz CT molecular complexity index is 320. The summed E-state index contributed by atoms with van der Waals surface area (Å²) >= 11 is 0. The average Bonchev–Trinajstić information content (AvgIpc) is 2.72. The van der Waals surface area contributed by atoms with E-state index in [0.29, 0.717) is 11.9 Å². The number of rotatable bonds is 3. The summed E-state index contributed by atoms with van der Waals surface area (Å²) in [7, 11) is 0. The number of aromatic nitrogens is 2. The van der Waals surface area contributed by atoms with Gasteiger partial charge in [-0.1, -0.05) is 12.8 Å². The number of nitrogens with two attached hydrogens (primary N) is 1. The Morgan fingerprint density at radius 2 is 2.13 bits per heavy atom. The van der Waals surface area contributed by atoms with Gasteiger partial charge in [0, 0.05) is 12.6 Å². The van der Waals surface area contributed by atoms with Crippen molar-refractivity contribution in [3.05, 3.63) is 12.4 Å². The number of hydrogen-bond acceptors (Lipinski definition) is 4. The molecule has 0 spiro atoms. The summed E-state index contributed by atoms with van der Waals surface area (Å²) in [6.07, 6.45) is 8.59. The molecule has 0 unspecified atom stereocenters. The van der Waals surface area contributed by atoms with Crippen LogP contribution in [0.4, 0.5) is 11.6 Å². The molecule has 0 amide bonds. The minimum absolute atomic E-state index is 0.504. The first-order valence-corrected chi connectivity index (χ1v) is 5.65. The van der Waals surface area contributed by atoms with E-state index in [1.54, 1.807) is 12.4 Å². The molecule has 0 saturated heterocycles. The van der Waals surface area contributed by atoms with E-state index in [2.05, 4.69) is 21.8 Å². The third-order valence-corrected chi connectivity index (χ3v) is 3.04. The van der Waals surface area contributed by atoms with Gasteiger partial charge in [0.1, 0.15) is 11.6 Å². The van der Waals surface area contributed by atoms with Crippen LogP contribution in [-0.2, 0) is 0 Å². The van der Waals surface area contributed by atoms with Crippen molar-refractivity contribution in [2.75, 3.05) is 17.2 Å². The van der Waals surface area contributed by atoms with Gasteiger partial charge in [0.15, 0.2) is 0 Å². The molecule has 4 heteroatoms. The van der Waals surface area contributed by atoms with Crippen molar-refractivity contribution in [2.24, 2.45) is 0 Å². The maximum Gasteiger partial charge on any atom is 0.149 e. The van der Waals surface area contributed by atoms with E-state index < -0.39 is 0 Å². The van der Waals surface area contributed by atoms with Crippen LogP contribution in [0.5, 0.6) is 0 Å². The highest BCUT2D eigenvalue weighted by atomic mass is 15.2. The number of anilines is 2. The lowest BCUT2D eigenvalue weighted by Gasteiger charge is -2.28. The fourth-order valence-electron chi connectivity index (χ4n) is 2.33. The van der Waals surface area contributed by atoms with Gasteiger partial charge in [-0.25, -0.2) is 4.98 Å². The molecule has 2 N–H and O–H groups in total. The van der Waals surface area contributed by atoms with Crippen LogP contribution in [0.2, 0.25) is 0 Å². The van der Waals surface area contributed by atoms with Crippen LogP contribution in [0.1, 0.15) is 32.6 Å². The average molecular weight is 206 g/mol. The van der Waals surface area contributed by atoms with E-state index >= 15 is 0 Å². The summed E-state index contributed by atoms with van der Waals surface area (Å²) in [5, 5.41) is 0. The topological polar surface area (TPSA) is 55.0 Å². The highest BCUT2D eigenvalue weighted by Crippen LogP contribution is 2.26. The monoisotopic (exact) mass is 206 g/mol.